The number of Topliss-reactive ketones (excluding diaryl/α,β-unsaturated/α-hetero) is 1. The molecule has 0 bridgehead atoms. The van der Waals surface area contributed by atoms with Gasteiger partial charge in [0.15, 0.2) is 5.78 Å². The molecular formula is C19H20O. The van der Waals surface area contributed by atoms with Crippen LogP contribution < -0.4 is 0 Å². The van der Waals surface area contributed by atoms with Crippen LogP contribution in [0.3, 0.4) is 0 Å². The van der Waals surface area contributed by atoms with Crippen LogP contribution in [0.25, 0.3) is 12.2 Å². The minimum Gasteiger partial charge on any atom is -0.295 e. The van der Waals surface area contributed by atoms with Crippen LogP contribution in [-0.4, -0.2) is 5.78 Å². The molecule has 0 aliphatic carbocycles. The first-order valence-corrected chi connectivity index (χ1v) is 6.83. The van der Waals surface area contributed by atoms with Gasteiger partial charge in [0.05, 0.1) is 0 Å². The highest BCUT2D eigenvalue weighted by Crippen LogP contribution is 2.16. The number of rotatable bonds is 3. The van der Waals surface area contributed by atoms with Crippen molar-refractivity contribution < 1.29 is 4.79 Å². The third-order valence-corrected chi connectivity index (χ3v) is 3.51. The molecule has 0 aliphatic heterocycles. The molecule has 0 saturated heterocycles. The topological polar surface area (TPSA) is 17.1 Å². The monoisotopic (exact) mass is 264 g/mol. The highest BCUT2D eigenvalue weighted by molar-refractivity contribution is 5.95. The molecule has 0 atom stereocenters. The summed E-state index contributed by atoms with van der Waals surface area (Å²) in [4.78, 5) is 11.5. The normalized spacial score (nSPS) is 11.0. The fraction of sp³-hybridized carbons (Fsp3) is 0.211. The van der Waals surface area contributed by atoms with Gasteiger partial charge >= 0.3 is 0 Å². The summed E-state index contributed by atoms with van der Waals surface area (Å²) in [6, 6.07) is 12.4. The van der Waals surface area contributed by atoms with Gasteiger partial charge in [0.1, 0.15) is 0 Å². The number of ketones is 1. The third-order valence-electron chi connectivity index (χ3n) is 3.51. The van der Waals surface area contributed by atoms with Crippen molar-refractivity contribution in [3.8, 4) is 0 Å². The van der Waals surface area contributed by atoms with Crippen LogP contribution in [0, 0.1) is 20.8 Å². The smallest absolute Gasteiger partial charge is 0.159 e. The van der Waals surface area contributed by atoms with Crippen molar-refractivity contribution in [2.24, 2.45) is 0 Å². The van der Waals surface area contributed by atoms with Gasteiger partial charge in [-0.3, -0.25) is 4.79 Å². The van der Waals surface area contributed by atoms with Crippen molar-refractivity contribution in [3.63, 3.8) is 0 Å². The fourth-order valence-electron chi connectivity index (χ4n) is 2.17. The Labute approximate surface area is 121 Å². The van der Waals surface area contributed by atoms with Crippen LogP contribution in [0.15, 0.2) is 36.4 Å². The van der Waals surface area contributed by atoms with E-state index >= 15 is 0 Å². The SMILES string of the molecule is CC(=O)c1cc(C)cc(/C=C/c2ccc(C)c(C)c2)c1. The summed E-state index contributed by atoms with van der Waals surface area (Å²) in [7, 11) is 0. The van der Waals surface area contributed by atoms with Crippen LogP contribution in [0.1, 0.15) is 45.1 Å². The van der Waals surface area contributed by atoms with E-state index in [2.05, 4.69) is 50.3 Å². The molecule has 2 rings (SSSR count). The van der Waals surface area contributed by atoms with Crippen LogP contribution in [0.2, 0.25) is 0 Å². The summed E-state index contributed by atoms with van der Waals surface area (Å²) < 4.78 is 0. The highest BCUT2D eigenvalue weighted by atomic mass is 16.1. The van der Waals surface area contributed by atoms with E-state index in [1.807, 2.05) is 19.1 Å². The van der Waals surface area contributed by atoms with Gasteiger partial charge in [-0.25, -0.2) is 0 Å². The Hall–Kier alpha value is -2.15. The molecule has 20 heavy (non-hydrogen) atoms. The molecule has 0 heterocycles. The lowest BCUT2D eigenvalue weighted by Gasteiger charge is -2.03. The molecule has 0 saturated carbocycles. The molecule has 0 aliphatic rings. The fourth-order valence-corrected chi connectivity index (χ4v) is 2.17. The predicted octanol–water partition coefficient (Wildman–Crippen LogP) is 4.98. The van der Waals surface area contributed by atoms with E-state index in [0.717, 1.165) is 16.7 Å². The van der Waals surface area contributed by atoms with Crippen molar-refractivity contribution in [2.45, 2.75) is 27.7 Å². The van der Waals surface area contributed by atoms with Crippen LogP contribution in [-0.2, 0) is 0 Å². The quantitative estimate of drug-likeness (QED) is 0.564. The lowest BCUT2D eigenvalue weighted by atomic mass is 10.0. The third kappa shape index (κ3) is 3.45. The summed E-state index contributed by atoms with van der Waals surface area (Å²) >= 11 is 0. The summed E-state index contributed by atoms with van der Waals surface area (Å²) in [6.45, 7) is 7.85. The molecule has 2 aromatic carbocycles. The first-order chi connectivity index (χ1) is 9.45. The second-order valence-electron chi connectivity index (χ2n) is 5.37. The molecule has 0 spiro atoms. The number of carbonyl (C=O) groups is 1. The van der Waals surface area contributed by atoms with Gasteiger partial charge in [-0.05, 0) is 67.6 Å². The zero-order chi connectivity index (χ0) is 14.7. The molecule has 0 fully saturated rings. The van der Waals surface area contributed by atoms with Gasteiger partial charge in [0, 0.05) is 5.56 Å². The molecule has 1 nitrogen and oxygen atoms in total. The summed E-state index contributed by atoms with van der Waals surface area (Å²) in [5, 5.41) is 0. The van der Waals surface area contributed by atoms with E-state index in [1.54, 1.807) is 6.92 Å². The van der Waals surface area contributed by atoms with Gasteiger partial charge < -0.3 is 0 Å². The van der Waals surface area contributed by atoms with Crippen molar-refractivity contribution in [1.29, 1.82) is 0 Å². The van der Waals surface area contributed by atoms with Crippen molar-refractivity contribution in [2.75, 3.05) is 0 Å². The largest absolute Gasteiger partial charge is 0.295 e. The second-order valence-corrected chi connectivity index (χ2v) is 5.37. The number of hydrogen-bond donors (Lipinski definition) is 0. The minimum atomic E-state index is 0.106. The van der Waals surface area contributed by atoms with Gasteiger partial charge in [-0.15, -0.1) is 0 Å². The number of hydrogen-bond acceptors (Lipinski definition) is 1. The Morgan fingerprint density at radius 2 is 1.55 bits per heavy atom. The van der Waals surface area contributed by atoms with Gasteiger partial charge in [0.2, 0.25) is 0 Å². The first kappa shape index (κ1) is 14.3. The first-order valence-electron chi connectivity index (χ1n) is 6.83. The zero-order valence-electron chi connectivity index (χ0n) is 12.5. The Morgan fingerprint density at radius 1 is 0.850 bits per heavy atom. The van der Waals surface area contributed by atoms with E-state index in [0.29, 0.717) is 0 Å². The summed E-state index contributed by atoms with van der Waals surface area (Å²) in [5.74, 6) is 0.106. The Bertz CT molecular complexity index is 678. The van der Waals surface area contributed by atoms with Crippen LogP contribution >= 0.6 is 0 Å². The maximum absolute atomic E-state index is 11.5. The molecular weight excluding hydrogens is 244 g/mol. The van der Waals surface area contributed by atoms with Gasteiger partial charge in [-0.1, -0.05) is 36.4 Å². The van der Waals surface area contributed by atoms with E-state index < -0.39 is 0 Å². The van der Waals surface area contributed by atoms with E-state index in [4.69, 9.17) is 0 Å². The lowest BCUT2D eigenvalue weighted by molar-refractivity contribution is 0.101. The van der Waals surface area contributed by atoms with Crippen molar-refractivity contribution in [1.82, 2.24) is 0 Å². The molecule has 0 unspecified atom stereocenters. The Kier molecular flexibility index (Phi) is 4.19. The number of benzene rings is 2. The maximum Gasteiger partial charge on any atom is 0.159 e. The molecule has 1 heteroatoms. The minimum absolute atomic E-state index is 0.106. The number of aryl methyl sites for hydroxylation is 3. The summed E-state index contributed by atoms with van der Waals surface area (Å²) in [6.07, 6.45) is 4.15. The van der Waals surface area contributed by atoms with Crippen LogP contribution in [0.4, 0.5) is 0 Å². The van der Waals surface area contributed by atoms with E-state index in [9.17, 15) is 4.79 Å². The van der Waals surface area contributed by atoms with Crippen molar-refractivity contribution in [3.05, 3.63) is 69.8 Å². The molecule has 102 valence electrons. The highest BCUT2D eigenvalue weighted by Gasteiger charge is 2.01. The zero-order valence-corrected chi connectivity index (χ0v) is 12.5. The summed E-state index contributed by atoms with van der Waals surface area (Å²) in [5.41, 5.74) is 6.71. The van der Waals surface area contributed by atoms with E-state index in [1.165, 1.54) is 16.7 Å². The predicted molar refractivity (Wildman–Crippen MR) is 86.0 cm³/mol. The van der Waals surface area contributed by atoms with Crippen LogP contribution in [0.5, 0.6) is 0 Å². The lowest BCUT2D eigenvalue weighted by Crippen LogP contribution is -1.93. The average molecular weight is 264 g/mol. The van der Waals surface area contributed by atoms with Crippen molar-refractivity contribution >= 4 is 17.9 Å². The molecule has 0 aromatic heterocycles. The molecule has 0 N–H and O–H groups in total. The van der Waals surface area contributed by atoms with Gasteiger partial charge in [-0.2, -0.15) is 0 Å². The second kappa shape index (κ2) is 5.87. The maximum atomic E-state index is 11.5. The molecule has 0 radical (unpaired) electrons. The molecule has 2 aromatic rings. The van der Waals surface area contributed by atoms with Gasteiger partial charge in [0.25, 0.3) is 0 Å². The average Bonchev–Trinajstić information content (AvgIpc) is 2.39. The van der Waals surface area contributed by atoms with E-state index in [-0.39, 0.29) is 5.78 Å². The Morgan fingerprint density at radius 3 is 2.20 bits per heavy atom. The standard InChI is InChI=1S/C19H20O/c1-13-9-18(12-19(10-13)16(4)20)8-7-17-6-5-14(2)15(3)11-17/h5-12H,1-4H3/b8-7+. The number of carbonyl (C=O) groups excluding carboxylic acids is 1. The molecule has 0 amide bonds. The Balaban J connectivity index is 2.31.